The van der Waals surface area contributed by atoms with Gasteiger partial charge in [-0.3, -0.25) is 0 Å². The van der Waals surface area contributed by atoms with E-state index in [1.165, 1.54) is 0 Å². The fourth-order valence-electron chi connectivity index (χ4n) is 2.85. The highest BCUT2D eigenvalue weighted by molar-refractivity contribution is 7.86. The van der Waals surface area contributed by atoms with E-state index in [0.717, 1.165) is 25.7 Å². The second-order valence-electron chi connectivity index (χ2n) is 5.26. The molecular formula is C11H23N3O2S. The van der Waals surface area contributed by atoms with E-state index >= 15 is 0 Å². The lowest BCUT2D eigenvalue weighted by Gasteiger charge is -2.34. The molecule has 2 atom stereocenters. The van der Waals surface area contributed by atoms with E-state index < -0.39 is 10.2 Å². The maximum atomic E-state index is 12.5. The van der Waals surface area contributed by atoms with Crippen molar-refractivity contribution in [3.05, 3.63) is 0 Å². The van der Waals surface area contributed by atoms with Gasteiger partial charge in [0.25, 0.3) is 10.2 Å². The summed E-state index contributed by atoms with van der Waals surface area (Å²) < 4.78 is 28.3. The summed E-state index contributed by atoms with van der Waals surface area (Å²) in [5.41, 5.74) is 5.65. The molecule has 0 unspecified atom stereocenters. The molecule has 2 fully saturated rings. The maximum absolute atomic E-state index is 12.5. The van der Waals surface area contributed by atoms with Gasteiger partial charge in [0.05, 0.1) is 0 Å². The SMILES string of the molecule is C[C@H]1CCCN(S(=O)(=O)N2CCC[C@H]2CN)C1. The predicted octanol–water partition coefficient (Wildman–Crippen LogP) is 0.386. The second-order valence-corrected chi connectivity index (χ2v) is 7.14. The first-order valence-corrected chi connectivity index (χ1v) is 7.92. The zero-order valence-electron chi connectivity index (χ0n) is 10.5. The van der Waals surface area contributed by atoms with Gasteiger partial charge in [0.1, 0.15) is 0 Å². The fraction of sp³-hybridized carbons (Fsp3) is 1.00. The lowest BCUT2D eigenvalue weighted by Crippen LogP contribution is -2.50. The topological polar surface area (TPSA) is 66.6 Å². The lowest BCUT2D eigenvalue weighted by atomic mass is 10.0. The van der Waals surface area contributed by atoms with Gasteiger partial charge >= 0.3 is 0 Å². The summed E-state index contributed by atoms with van der Waals surface area (Å²) in [6.07, 6.45) is 3.94. The Morgan fingerprint density at radius 3 is 2.59 bits per heavy atom. The number of nitrogens with zero attached hydrogens (tertiary/aromatic N) is 2. The van der Waals surface area contributed by atoms with Gasteiger partial charge in [0.15, 0.2) is 0 Å². The van der Waals surface area contributed by atoms with Crippen molar-refractivity contribution in [3.8, 4) is 0 Å². The molecule has 0 aromatic rings. The van der Waals surface area contributed by atoms with E-state index in [9.17, 15) is 8.42 Å². The van der Waals surface area contributed by atoms with Crippen LogP contribution in [0.2, 0.25) is 0 Å². The number of piperidine rings is 1. The smallest absolute Gasteiger partial charge is 0.282 e. The summed E-state index contributed by atoms with van der Waals surface area (Å²) in [4.78, 5) is 0. The van der Waals surface area contributed by atoms with Crippen molar-refractivity contribution in [3.63, 3.8) is 0 Å². The van der Waals surface area contributed by atoms with Gasteiger partial charge in [-0.1, -0.05) is 6.92 Å². The minimum absolute atomic E-state index is 0.0113. The van der Waals surface area contributed by atoms with Gasteiger partial charge in [-0.05, 0) is 31.6 Å². The van der Waals surface area contributed by atoms with Gasteiger partial charge in [-0.2, -0.15) is 17.0 Å². The number of hydrogen-bond donors (Lipinski definition) is 1. The Hall–Kier alpha value is -0.170. The Bertz CT molecular complexity index is 358. The van der Waals surface area contributed by atoms with Crippen LogP contribution in [-0.2, 0) is 10.2 Å². The summed E-state index contributed by atoms with van der Waals surface area (Å²) in [7, 11) is -3.27. The molecule has 0 saturated carbocycles. The Balaban J connectivity index is 2.12. The molecule has 2 heterocycles. The quantitative estimate of drug-likeness (QED) is 0.799. The first kappa shape index (κ1) is 13.3. The van der Waals surface area contributed by atoms with Gasteiger partial charge in [-0.25, -0.2) is 0 Å². The summed E-state index contributed by atoms with van der Waals surface area (Å²) in [5, 5.41) is 0. The highest BCUT2D eigenvalue weighted by atomic mass is 32.2. The van der Waals surface area contributed by atoms with Crippen LogP contribution in [0.4, 0.5) is 0 Å². The minimum Gasteiger partial charge on any atom is -0.329 e. The van der Waals surface area contributed by atoms with Crippen LogP contribution in [0.15, 0.2) is 0 Å². The third kappa shape index (κ3) is 2.65. The zero-order valence-corrected chi connectivity index (χ0v) is 11.3. The van der Waals surface area contributed by atoms with E-state index in [1.807, 2.05) is 0 Å². The molecule has 17 heavy (non-hydrogen) atoms. The lowest BCUT2D eigenvalue weighted by molar-refractivity contribution is 0.254. The third-order valence-corrected chi connectivity index (χ3v) is 5.90. The largest absolute Gasteiger partial charge is 0.329 e. The second kappa shape index (κ2) is 5.22. The van der Waals surface area contributed by atoms with Crippen molar-refractivity contribution in [2.24, 2.45) is 11.7 Å². The van der Waals surface area contributed by atoms with Crippen LogP contribution in [0.5, 0.6) is 0 Å². The molecule has 0 radical (unpaired) electrons. The molecule has 6 heteroatoms. The summed E-state index contributed by atoms with van der Waals surface area (Å²) in [6.45, 7) is 4.51. The summed E-state index contributed by atoms with van der Waals surface area (Å²) in [5.74, 6) is 0.470. The molecule has 2 N–H and O–H groups in total. The average molecular weight is 261 g/mol. The Kier molecular flexibility index (Phi) is 4.07. The normalized spacial score (nSPS) is 33.1. The van der Waals surface area contributed by atoms with Crippen molar-refractivity contribution in [1.29, 1.82) is 0 Å². The molecule has 2 aliphatic rings. The van der Waals surface area contributed by atoms with Crippen molar-refractivity contribution < 1.29 is 8.42 Å². The van der Waals surface area contributed by atoms with Crippen molar-refractivity contribution in [1.82, 2.24) is 8.61 Å². The first-order valence-electron chi connectivity index (χ1n) is 6.52. The van der Waals surface area contributed by atoms with Gasteiger partial charge in [0, 0.05) is 32.2 Å². The fourth-order valence-corrected chi connectivity index (χ4v) is 4.88. The van der Waals surface area contributed by atoms with Crippen LogP contribution >= 0.6 is 0 Å². The van der Waals surface area contributed by atoms with Crippen molar-refractivity contribution in [2.45, 2.75) is 38.6 Å². The molecule has 0 aliphatic carbocycles. The maximum Gasteiger partial charge on any atom is 0.282 e. The van der Waals surface area contributed by atoms with Gasteiger partial charge in [0.2, 0.25) is 0 Å². The van der Waals surface area contributed by atoms with E-state index in [4.69, 9.17) is 5.73 Å². The Morgan fingerprint density at radius 1 is 1.24 bits per heavy atom. The predicted molar refractivity (Wildman–Crippen MR) is 67.7 cm³/mol. The molecule has 0 amide bonds. The number of nitrogens with two attached hydrogens (primary N) is 1. The van der Waals surface area contributed by atoms with E-state index in [-0.39, 0.29) is 6.04 Å². The molecule has 0 bridgehead atoms. The molecule has 0 aromatic heterocycles. The molecule has 2 aliphatic heterocycles. The third-order valence-electron chi connectivity index (χ3n) is 3.84. The Labute approximate surface area is 104 Å². The van der Waals surface area contributed by atoms with E-state index in [1.54, 1.807) is 8.61 Å². The van der Waals surface area contributed by atoms with Crippen LogP contribution < -0.4 is 5.73 Å². The van der Waals surface area contributed by atoms with Gasteiger partial charge < -0.3 is 5.73 Å². The van der Waals surface area contributed by atoms with Crippen LogP contribution in [-0.4, -0.2) is 49.2 Å². The van der Waals surface area contributed by atoms with E-state index in [2.05, 4.69) is 6.92 Å². The molecule has 2 rings (SSSR count). The molecule has 0 spiro atoms. The Morgan fingerprint density at radius 2 is 1.94 bits per heavy atom. The molecular weight excluding hydrogens is 238 g/mol. The number of hydrogen-bond acceptors (Lipinski definition) is 3. The number of rotatable bonds is 3. The molecule has 5 nitrogen and oxygen atoms in total. The van der Waals surface area contributed by atoms with Crippen LogP contribution in [0, 0.1) is 5.92 Å². The molecule has 100 valence electrons. The van der Waals surface area contributed by atoms with Crippen molar-refractivity contribution >= 4 is 10.2 Å². The minimum atomic E-state index is -3.27. The summed E-state index contributed by atoms with van der Waals surface area (Å²) in [6, 6.07) is 0.0113. The highest BCUT2D eigenvalue weighted by Crippen LogP contribution is 2.26. The van der Waals surface area contributed by atoms with Crippen molar-refractivity contribution in [2.75, 3.05) is 26.2 Å². The standard InChI is InChI=1S/C11H23N3O2S/c1-10-4-2-6-13(9-10)17(15,16)14-7-3-5-11(14)8-12/h10-11H,2-9,12H2,1H3/t10-,11-/m0/s1. The summed E-state index contributed by atoms with van der Waals surface area (Å²) >= 11 is 0. The van der Waals surface area contributed by atoms with Crippen LogP contribution in [0.1, 0.15) is 32.6 Å². The highest BCUT2D eigenvalue weighted by Gasteiger charge is 2.38. The zero-order chi connectivity index (χ0) is 12.5. The van der Waals surface area contributed by atoms with Crippen LogP contribution in [0.3, 0.4) is 0 Å². The van der Waals surface area contributed by atoms with Gasteiger partial charge in [-0.15, -0.1) is 0 Å². The first-order chi connectivity index (χ1) is 8.05. The monoisotopic (exact) mass is 261 g/mol. The van der Waals surface area contributed by atoms with Crippen LogP contribution in [0.25, 0.3) is 0 Å². The van der Waals surface area contributed by atoms with E-state index in [0.29, 0.717) is 32.1 Å². The average Bonchev–Trinajstić information content (AvgIpc) is 2.77. The molecule has 2 saturated heterocycles. The molecule has 0 aromatic carbocycles.